The molecule has 0 saturated carbocycles. The topological polar surface area (TPSA) is 80.7 Å². The summed E-state index contributed by atoms with van der Waals surface area (Å²) in [6, 6.07) is 11.9. The van der Waals surface area contributed by atoms with Crippen LogP contribution in [-0.4, -0.2) is 25.2 Å². The van der Waals surface area contributed by atoms with Gasteiger partial charge in [-0.3, -0.25) is 4.79 Å². The molecule has 0 unspecified atom stereocenters. The molecule has 0 bridgehead atoms. The summed E-state index contributed by atoms with van der Waals surface area (Å²) in [5, 5.41) is 10.4. The van der Waals surface area contributed by atoms with Crippen molar-refractivity contribution in [2.75, 3.05) is 5.75 Å². The Labute approximate surface area is 168 Å². The van der Waals surface area contributed by atoms with Gasteiger partial charge in [0, 0.05) is 5.39 Å². The summed E-state index contributed by atoms with van der Waals surface area (Å²) in [6.45, 7) is 3.52. The van der Waals surface area contributed by atoms with E-state index < -0.39 is 21.6 Å². The average Bonchev–Trinajstić information content (AvgIpc) is 2.65. The zero-order valence-electron chi connectivity index (χ0n) is 16.1. The number of carbonyl (C=O) groups is 1. The minimum atomic E-state index is -3.34. The molecule has 29 heavy (non-hydrogen) atoms. The van der Waals surface area contributed by atoms with E-state index in [-0.39, 0.29) is 17.1 Å². The number of aliphatic carboxylic acids is 1. The van der Waals surface area contributed by atoms with Gasteiger partial charge in [-0.15, -0.1) is 0 Å². The Balaban J connectivity index is 2.06. The number of halogens is 1. The number of hydrogen-bond donors (Lipinski definition) is 1. The van der Waals surface area contributed by atoms with Gasteiger partial charge >= 0.3 is 5.97 Å². The number of carboxylic acid groups (broad SMARTS) is 1. The van der Waals surface area contributed by atoms with Crippen molar-refractivity contribution in [3.63, 3.8) is 0 Å². The Morgan fingerprint density at radius 2 is 1.79 bits per heavy atom. The lowest BCUT2D eigenvalue weighted by Gasteiger charge is -2.16. The molecule has 0 atom stereocenters. The maximum absolute atomic E-state index is 13.8. The molecule has 5 nitrogen and oxygen atoms in total. The van der Waals surface area contributed by atoms with Gasteiger partial charge in [-0.05, 0) is 66.3 Å². The highest BCUT2D eigenvalue weighted by atomic mass is 32.2. The van der Waals surface area contributed by atoms with Crippen molar-refractivity contribution in [1.82, 2.24) is 0 Å². The third-order valence-electron chi connectivity index (χ3n) is 4.63. The predicted molar refractivity (Wildman–Crippen MR) is 109 cm³/mol. The number of carboxylic acids is 1. The molecular formula is C22H21FO5S. The average molecular weight is 416 g/mol. The van der Waals surface area contributed by atoms with Crippen LogP contribution in [-0.2, 0) is 21.1 Å². The first-order chi connectivity index (χ1) is 13.7. The molecule has 0 aliphatic heterocycles. The van der Waals surface area contributed by atoms with Crippen LogP contribution < -0.4 is 4.74 Å². The largest absolute Gasteiger partial charge is 0.481 e. The number of ether oxygens (including phenoxy) is 1. The van der Waals surface area contributed by atoms with E-state index in [9.17, 15) is 22.7 Å². The summed E-state index contributed by atoms with van der Waals surface area (Å²) in [5.41, 5.74) is 1.15. The fraction of sp³-hybridized carbons (Fsp3) is 0.227. The van der Waals surface area contributed by atoms with Gasteiger partial charge < -0.3 is 9.84 Å². The van der Waals surface area contributed by atoms with E-state index in [0.717, 1.165) is 0 Å². The van der Waals surface area contributed by atoms with Crippen molar-refractivity contribution in [2.45, 2.75) is 31.6 Å². The van der Waals surface area contributed by atoms with Crippen LogP contribution in [0.15, 0.2) is 53.4 Å². The predicted octanol–water partition coefficient (Wildman–Crippen LogP) is 4.89. The van der Waals surface area contributed by atoms with Crippen LogP contribution in [0, 0.1) is 12.7 Å². The maximum atomic E-state index is 13.8. The minimum Gasteiger partial charge on any atom is -0.481 e. The third kappa shape index (κ3) is 4.56. The molecule has 0 fully saturated rings. The van der Waals surface area contributed by atoms with Gasteiger partial charge in [0.15, 0.2) is 9.84 Å². The molecule has 0 saturated heterocycles. The molecule has 1 N–H and O–H groups in total. The highest BCUT2D eigenvalue weighted by molar-refractivity contribution is 7.91. The molecule has 3 rings (SSSR count). The Hall–Kier alpha value is -2.93. The number of fused-ring (bicyclic) bond motifs is 1. The second-order valence-corrected chi connectivity index (χ2v) is 8.93. The van der Waals surface area contributed by atoms with Crippen LogP contribution in [0.1, 0.15) is 24.5 Å². The monoisotopic (exact) mass is 416 g/mol. The molecule has 0 amide bonds. The first-order valence-electron chi connectivity index (χ1n) is 9.15. The first kappa shape index (κ1) is 20.8. The lowest BCUT2D eigenvalue weighted by Crippen LogP contribution is -2.05. The lowest BCUT2D eigenvalue weighted by atomic mass is 9.98. The van der Waals surface area contributed by atoms with Crippen molar-refractivity contribution in [3.05, 3.63) is 65.5 Å². The Bertz CT molecular complexity index is 1170. The zero-order valence-corrected chi connectivity index (χ0v) is 16.9. The van der Waals surface area contributed by atoms with Gasteiger partial charge in [-0.1, -0.05) is 19.1 Å². The molecule has 3 aromatic carbocycles. The smallest absolute Gasteiger partial charge is 0.307 e. The molecule has 0 radical (unpaired) electrons. The van der Waals surface area contributed by atoms with Crippen molar-refractivity contribution in [1.29, 1.82) is 0 Å². The Kier molecular flexibility index (Phi) is 5.88. The summed E-state index contributed by atoms with van der Waals surface area (Å²) in [6.07, 6.45) is 0.331. The van der Waals surface area contributed by atoms with Crippen LogP contribution in [0.4, 0.5) is 4.39 Å². The Morgan fingerprint density at radius 3 is 2.41 bits per heavy atom. The third-order valence-corrected chi connectivity index (χ3v) is 6.57. The standard InChI is InChI=1S/C22H21FO5S/c1-3-10-29(26,27)19-8-6-18(7-9-19)28-22-14(2)16(12-21(24)25)11-15-4-5-17(23)13-20(15)22/h4-9,11,13H,3,10,12H2,1-2H3,(H,24,25). The van der Waals surface area contributed by atoms with E-state index in [1.807, 2.05) is 0 Å². The summed E-state index contributed by atoms with van der Waals surface area (Å²) < 4.78 is 44.2. The number of rotatable bonds is 7. The summed E-state index contributed by atoms with van der Waals surface area (Å²) >= 11 is 0. The molecule has 0 aliphatic carbocycles. The van der Waals surface area contributed by atoms with Gasteiger partial charge in [-0.2, -0.15) is 0 Å². The van der Waals surface area contributed by atoms with E-state index in [1.165, 1.54) is 36.4 Å². The SMILES string of the molecule is CCCS(=O)(=O)c1ccc(Oc2c(C)c(CC(=O)O)cc3ccc(F)cc23)cc1. The van der Waals surface area contributed by atoms with E-state index in [0.29, 0.717) is 39.8 Å². The Morgan fingerprint density at radius 1 is 1.10 bits per heavy atom. The molecule has 152 valence electrons. The van der Waals surface area contributed by atoms with E-state index in [1.54, 1.807) is 26.0 Å². The van der Waals surface area contributed by atoms with Crippen LogP contribution >= 0.6 is 0 Å². The van der Waals surface area contributed by atoms with Gasteiger partial charge in [0.1, 0.15) is 17.3 Å². The van der Waals surface area contributed by atoms with E-state index in [4.69, 9.17) is 4.74 Å². The van der Waals surface area contributed by atoms with Crippen molar-refractivity contribution < 1.29 is 27.4 Å². The van der Waals surface area contributed by atoms with Crippen molar-refractivity contribution in [3.8, 4) is 11.5 Å². The zero-order chi connectivity index (χ0) is 21.2. The van der Waals surface area contributed by atoms with Crippen LogP contribution in [0.2, 0.25) is 0 Å². The summed E-state index contributed by atoms with van der Waals surface area (Å²) in [7, 11) is -3.34. The second kappa shape index (κ2) is 8.21. The fourth-order valence-corrected chi connectivity index (χ4v) is 4.52. The second-order valence-electron chi connectivity index (χ2n) is 6.82. The van der Waals surface area contributed by atoms with E-state index >= 15 is 0 Å². The van der Waals surface area contributed by atoms with Gasteiger partial charge in [-0.25, -0.2) is 12.8 Å². The van der Waals surface area contributed by atoms with Crippen molar-refractivity contribution in [2.24, 2.45) is 0 Å². The molecule has 3 aromatic rings. The van der Waals surface area contributed by atoms with Crippen LogP contribution in [0.5, 0.6) is 11.5 Å². The quantitative estimate of drug-likeness (QED) is 0.593. The first-order valence-corrected chi connectivity index (χ1v) is 10.8. The highest BCUT2D eigenvalue weighted by Gasteiger charge is 2.17. The molecule has 7 heteroatoms. The normalized spacial score (nSPS) is 11.6. The highest BCUT2D eigenvalue weighted by Crippen LogP contribution is 2.36. The number of sulfone groups is 1. The number of benzene rings is 3. The fourth-order valence-electron chi connectivity index (χ4n) is 3.19. The van der Waals surface area contributed by atoms with Gasteiger partial charge in [0.25, 0.3) is 0 Å². The van der Waals surface area contributed by atoms with Crippen LogP contribution in [0.25, 0.3) is 10.8 Å². The maximum Gasteiger partial charge on any atom is 0.307 e. The summed E-state index contributed by atoms with van der Waals surface area (Å²) in [4.78, 5) is 11.4. The summed E-state index contributed by atoms with van der Waals surface area (Å²) in [5.74, 6) is -0.628. The molecule has 0 heterocycles. The lowest BCUT2D eigenvalue weighted by molar-refractivity contribution is -0.136. The van der Waals surface area contributed by atoms with Gasteiger partial charge in [0.2, 0.25) is 0 Å². The molecular weight excluding hydrogens is 395 g/mol. The van der Waals surface area contributed by atoms with Gasteiger partial charge in [0.05, 0.1) is 17.1 Å². The minimum absolute atomic E-state index is 0.0630. The van der Waals surface area contributed by atoms with Crippen molar-refractivity contribution >= 4 is 26.6 Å². The molecule has 0 spiro atoms. The number of hydrogen-bond acceptors (Lipinski definition) is 4. The molecule has 0 aliphatic rings. The molecule has 0 aromatic heterocycles. The van der Waals surface area contributed by atoms with E-state index in [2.05, 4.69) is 0 Å². The van der Waals surface area contributed by atoms with Crippen LogP contribution in [0.3, 0.4) is 0 Å².